The van der Waals surface area contributed by atoms with Crippen LogP contribution in [0.2, 0.25) is 0 Å². The number of anilines is 1. The van der Waals surface area contributed by atoms with Crippen molar-refractivity contribution in [1.82, 2.24) is 10.3 Å². The fourth-order valence-electron chi connectivity index (χ4n) is 2.72. The monoisotopic (exact) mass is 286 g/mol. The highest BCUT2D eigenvalue weighted by Crippen LogP contribution is 2.27. The van der Waals surface area contributed by atoms with E-state index in [0.717, 1.165) is 29.7 Å². The molecule has 1 aromatic heterocycles. The Morgan fingerprint density at radius 1 is 1.43 bits per heavy atom. The van der Waals surface area contributed by atoms with Gasteiger partial charge in [-0.1, -0.05) is 18.2 Å². The zero-order chi connectivity index (χ0) is 14.8. The van der Waals surface area contributed by atoms with E-state index in [-0.39, 0.29) is 12.1 Å². The summed E-state index contributed by atoms with van der Waals surface area (Å²) in [6, 6.07) is 7.76. The molecule has 2 aromatic rings. The summed E-state index contributed by atoms with van der Waals surface area (Å²) in [4.78, 5) is 16.0. The van der Waals surface area contributed by atoms with Crippen molar-refractivity contribution >= 4 is 22.5 Å². The van der Waals surface area contributed by atoms with Crippen LogP contribution in [0.25, 0.3) is 10.9 Å². The minimum absolute atomic E-state index is 0.0534. The predicted octanol–water partition coefficient (Wildman–Crippen LogP) is 0.732. The molecule has 1 saturated heterocycles. The van der Waals surface area contributed by atoms with Gasteiger partial charge in [0.25, 0.3) is 5.91 Å². The van der Waals surface area contributed by atoms with Gasteiger partial charge in [-0.2, -0.15) is 0 Å². The highest BCUT2D eigenvalue weighted by Gasteiger charge is 2.28. The molecule has 0 radical (unpaired) electrons. The van der Waals surface area contributed by atoms with E-state index < -0.39 is 5.91 Å². The van der Waals surface area contributed by atoms with E-state index in [4.69, 9.17) is 10.5 Å². The average molecular weight is 286 g/mol. The maximum Gasteiger partial charge on any atom is 0.252 e. The summed E-state index contributed by atoms with van der Waals surface area (Å²) in [6.45, 7) is 1.55. The maximum absolute atomic E-state index is 11.7. The number of nitrogens with zero attached hydrogens (tertiary/aromatic N) is 1. The molecule has 21 heavy (non-hydrogen) atoms. The molecule has 1 unspecified atom stereocenters. The van der Waals surface area contributed by atoms with Crippen LogP contribution in [0.15, 0.2) is 30.5 Å². The average Bonchev–Trinajstić information content (AvgIpc) is 2.94. The molecule has 0 saturated carbocycles. The largest absolute Gasteiger partial charge is 0.378 e. The molecule has 1 aliphatic heterocycles. The van der Waals surface area contributed by atoms with Crippen molar-refractivity contribution in [3.63, 3.8) is 0 Å². The third-order valence-corrected chi connectivity index (χ3v) is 3.83. The summed E-state index contributed by atoms with van der Waals surface area (Å²) in [5.74, 6) is -0.490. The van der Waals surface area contributed by atoms with Gasteiger partial charge in [0, 0.05) is 31.8 Å². The highest BCUT2D eigenvalue weighted by atomic mass is 16.5. The summed E-state index contributed by atoms with van der Waals surface area (Å²) >= 11 is 0. The van der Waals surface area contributed by atoms with Gasteiger partial charge in [-0.3, -0.25) is 9.78 Å². The molecule has 1 amide bonds. The number of aromatic nitrogens is 1. The first-order valence-corrected chi connectivity index (χ1v) is 6.88. The molecule has 0 aliphatic carbocycles. The molecule has 0 bridgehead atoms. The number of carbonyl (C=O) groups excluding carboxylic acids is 1. The van der Waals surface area contributed by atoms with Crippen LogP contribution in [-0.4, -0.2) is 43.2 Å². The Labute approximate surface area is 122 Å². The van der Waals surface area contributed by atoms with Crippen molar-refractivity contribution in [2.45, 2.75) is 12.1 Å². The van der Waals surface area contributed by atoms with Crippen molar-refractivity contribution in [2.75, 3.05) is 25.5 Å². The van der Waals surface area contributed by atoms with E-state index in [9.17, 15) is 4.79 Å². The van der Waals surface area contributed by atoms with E-state index >= 15 is 0 Å². The number of amides is 1. The third-order valence-electron chi connectivity index (χ3n) is 3.83. The van der Waals surface area contributed by atoms with Crippen molar-refractivity contribution in [3.8, 4) is 0 Å². The SMILES string of the molecule is CO[C@H]1CNCC1Nc1c(C(N)=O)cnc2ccccc12. The lowest BCUT2D eigenvalue weighted by Crippen LogP contribution is -2.34. The van der Waals surface area contributed by atoms with Crippen molar-refractivity contribution < 1.29 is 9.53 Å². The summed E-state index contributed by atoms with van der Waals surface area (Å²) in [5.41, 5.74) is 7.43. The number of hydrogen-bond donors (Lipinski definition) is 3. The molecule has 1 aromatic carbocycles. The number of nitrogens with two attached hydrogens (primary N) is 1. The molecule has 3 rings (SSSR count). The standard InChI is InChI=1S/C15H18N4O2/c1-21-13-8-17-7-12(13)19-14-9-4-2-3-5-11(9)18-6-10(14)15(16)20/h2-6,12-13,17H,7-8H2,1H3,(H2,16,20)(H,18,19)/t12?,13-/m0/s1. The van der Waals surface area contributed by atoms with Crippen LogP contribution in [0.5, 0.6) is 0 Å². The zero-order valence-corrected chi connectivity index (χ0v) is 11.8. The Kier molecular flexibility index (Phi) is 3.72. The first kappa shape index (κ1) is 13.8. The normalized spacial score (nSPS) is 21.6. The smallest absolute Gasteiger partial charge is 0.252 e. The molecule has 110 valence electrons. The number of carbonyl (C=O) groups is 1. The van der Waals surface area contributed by atoms with Crippen LogP contribution in [0.3, 0.4) is 0 Å². The third kappa shape index (κ3) is 2.55. The van der Waals surface area contributed by atoms with Crippen LogP contribution in [0, 0.1) is 0 Å². The molecule has 1 fully saturated rings. The van der Waals surface area contributed by atoms with Crippen LogP contribution < -0.4 is 16.4 Å². The van der Waals surface area contributed by atoms with E-state index in [1.165, 1.54) is 6.20 Å². The summed E-state index contributed by atoms with van der Waals surface area (Å²) in [6.07, 6.45) is 1.58. The van der Waals surface area contributed by atoms with Crippen LogP contribution in [0.4, 0.5) is 5.69 Å². The first-order valence-electron chi connectivity index (χ1n) is 6.88. The topological polar surface area (TPSA) is 89.3 Å². The van der Waals surface area contributed by atoms with Gasteiger partial charge in [0.05, 0.1) is 28.9 Å². The van der Waals surface area contributed by atoms with E-state index in [2.05, 4.69) is 15.6 Å². The van der Waals surface area contributed by atoms with E-state index in [0.29, 0.717) is 5.56 Å². The molecule has 2 atom stereocenters. The summed E-state index contributed by atoms with van der Waals surface area (Å²) in [7, 11) is 1.69. The number of ether oxygens (including phenoxy) is 1. The minimum Gasteiger partial charge on any atom is -0.378 e. The van der Waals surface area contributed by atoms with Crippen molar-refractivity contribution in [1.29, 1.82) is 0 Å². The van der Waals surface area contributed by atoms with E-state index in [1.54, 1.807) is 7.11 Å². The second kappa shape index (κ2) is 5.67. The van der Waals surface area contributed by atoms with Gasteiger partial charge < -0.3 is 21.1 Å². The second-order valence-corrected chi connectivity index (χ2v) is 5.11. The van der Waals surface area contributed by atoms with Gasteiger partial charge in [-0.15, -0.1) is 0 Å². The first-order chi connectivity index (χ1) is 10.2. The van der Waals surface area contributed by atoms with Crippen molar-refractivity contribution in [2.24, 2.45) is 5.73 Å². The van der Waals surface area contributed by atoms with Crippen LogP contribution >= 0.6 is 0 Å². The molecule has 2 heterocycles. The fraction of sp³-hybridized carbons (Fsp3) is 0.333. The van der Waals surface area contributed by atoms with Gasteiger partial charge >= 0.3 is 0 Å². The number of fused-ring (bicyclic) bond motifs is 1. The quantitative estimate of drug-likeness (QED) is 0.771. The van der Waals surface area contributed by atoms with Crippen LogP contribution in [-0.2, 0) is 4.74 Å². The predicted molar refractivity (Wildman–Crippen MR) is 81.3 cm³/mol. The molecule has 6 heteroatoms. The lowest BCUT2D eigenvalue weighted by molar-refractivity contribution is 0.0999. The Bertz CT molecular complexity index is 674. The molecule has 6 nitrogen and oxygen atoms in total. The fourth-order valence-corrected chi connectivity index (χ4v) is 2.72. The summed E-state index contributed by atoms with van der Waals surface area (Å²) < 4.78 is 5.45. The Balaban J connectivity index is 2.06. The highest BCUT2D eigenvalue weighted by molar-refractivity contribution is 6.06. The maximum atomic E-state index is 11.7. The number of benzene rings is 1. The molecule has 0 spiro atoms. The Morgan fingerprint density at radius 2 is 2.24 bits per heavy atom. The number of para-hydroxylation sites is 1. The zero-order valence-electron chi connectivity index (χ0n) is 11.8. The van der Waals surface area contributed by atoms with Gasteiger partial charge in [0.1, 0.15) is 0 Å². The van der Waals surface area contributed by atoms with Crippen LogP contribution in [0.1, 0.15) is 10.4 Å². The lowest BCUT2D eigenvalue weighted by Gasteiger charge is -2.22. The number of methoxy groups -OCH3 is 1. The van der Waals surface area contributed by atoms with Gasteiger partial charge in [-0.25, -0.2) is 0 Å². The molecule has 4 N–H and O–H groups in total. The van der Waals surface area contributed by atoms with Crippen molar-refractivity contribution in [3.05, 3.63) is 36.0 Å². The lowest BCUT2D eigenvalue weighted by atomic mass is 10.1. The second-order valence-electron chi connectivity index (χ2n) is 5.11. The number of pyridine rings is 1. The molecular weight excluding hydrogens is 268 g/mol. The van der Waals surface area contributed by atoms with Gasteiger partial charge in [-0.05, 0) is 6.07 Å². The van der Waals surface area contributed by atoms with E-state index in [1.807, 2.05) is 24.3 Å². The summed E-state index contributed by atoms with van der Waals surface area (Å²) in [5, 5.41) is 7.56. The van der Waals surface area contributed by atoms with Gasteiger partial charge in [0.15, 0.2) is 0 Å². The Hall–Kier alpha value is -2.18. The number of nitrogens with one attached hydrogen (secondary N) is 2. The van der Waals surface area contributed by atoms with Gasteiger partial charge in [0.2, 0.25) is 0 Å². The minimum atomic E-state index is -0.490. The molecular formula is C15H18N4O2. The number of rotatable bonds is 4. The molecule has 1 aliphatic rings. The number of hydrogen-bond acceptors (Lipinski definition) is 5. The Morgan fingerprint density at radius 3 is 3.00 bits per heavy atom. The number of primary amides is 1.